The van der Waals surface area contributed by atoms with Gasteiger partial charge in [-0.3, -0.25) is 14.4 Å². The standard InChI is InChI=1S/C36H30N2O4/c1-2-22-42-29-19-11-8-16-26(29)33(40)31-30(32(39)24-13-4-3-5-14-24)36(27-17-9-10-18-28(27)37-35(36)41)34-25-15-7-6-12-23(25)20-21-38(31)34/h3-21,30-31,34H,2,22H2,1H3,(H,37,41). The van der Waals surface area contributed by atoms with Gasteiger partial charge in [-0.05, 0) is 47.4 Å². The van der Waals surface area contributed by atoms with Crippen LogP contribution in [0.25, 0.3) is 6.08 Å². The van der Waals surface area contributed by atoms with E-state index in [1.54, 1.807) is 30.3 Å². The van der Waals surface area contributed by atoms with Crippen molar-refractivity contribution in [2.24, 2.45) is 5.92 Å². The minimum atomic E-state index is -1.36. The van der Waals surface area contributed by atoms with Gasteiger partial charge < -0.3 is 15.0 Å². The Morgan fingerprint density at radius 1 is 0.857 bits per heavy atom. The molecule has 0 aromatic heterocycles. The Labute approximate surface area is 244 Å². The summed E-state index contributed by atoms with van der Waals surface area (Å²) < 4.78 is 6.01. The van der Waals surface area contributed by atoms with E-state index in [0.717, 1.165) is 23.1 Å². The van der Waals surface area contributed by atoms with E-state index in [-0.39, 0.29) is 17.5 Å². The minimum Gasteiger partial charge on any atom is -0.493 e. The highest BCUT2D eigenvalue weighted by Gasteiger charge is 2.70. The lowest BCUT2D eigenvalue weighted by atomic mass is 9.62. The molecule has 1 spiro atoms. The number of amides is 1. The molecule has 42 heavy (non-hydrogen) atoms. The number of ether oxygens (including phenoxy) is 1. The van der Waals surface area contributed by atoms with Crippen molar-refractivity contribution in [2.75, 3.05) is 11.9 Å². The van der Waals surface area contributed by atoms with Gasteiger partial charge in [0, 0.05) is 17.5 Å². The number of fused-ring (bicyclic) bond motifs is 6. The highest BCUT2D eigenvalue weighted by Crippen LogP contribution is 2.62. The molecule has 1 amide bonds. The van der Waals surface area contributed by atoms with Gasteiger partial charge in [-0.1, -0.05) is 91.9 Å². The second-order valence-electron chi connectivity index (χ2n) is 11.0. The van der Waals surface area contributed by atoms with E-state index in [0.29, 0.717) is 29.2 Å². The first-order valence-corrected chi connectivity index (χ1v) is 14.4. The van der Waals surface area contributed by atoms with Crippen LogP contribution in [-0.4, -0.2) is 35.0 Å². The van der Waals surface area contributed by atoms with Crippen molar-refractivity contribution in [2.45, 2.75) is 30.8 Å². The Balaban J connectivity index is 1.52. The molecule has 3 aliphatic rings. The number of anilines is 1. The fourth-order valence-electron chi connectivity index (χ4n) is 7.12. The third kappa shape index (κ3) is 3.68. The van der Waals surface area contributed by atoms with Crippen LogP contribution in [0.5, 0.6) is 5.75 Å². The summed E-state index contributed by atoms with van der Waals surface area (Å²) in [6, 6.07) is 30.1. The zero-order chi connectivity index (χ0) is 28.8. The van der Waals surface area contributed by atoms with Gasteiger partial charge in [-0.2, -0.15) is 0 Å². The summed E-state index contributed by atoms with van der Waals surface area (Å²) in [5, 5.41) is 3.09. The number of hydrogen-bond acceptors (Lipinski definition) is 5. The zero-order valence-corrected chi connectivity index (χ0v) is 23.2. The number of rotatable bonds is 7. The van der Waals surface area contributed by atoms with Crippen LogP contribution in [0.15, 0.2) is 109 Å². The summed E-state index contributed by atoms with van der Waals surface area (Å²) in [5.74, 6) is -1.31. The normalized spacial score (nSPS) is 23.2. The summed E-state index contributed by atoms with van der Waals surface area (Å²) >= 11 is 0. The smallest absolute Gasteiger partial charge is 0.238 e. The van der Waals surface area contributed by atoms with Crippen LogP contribution in [0.4, 0.5) is 5.69 Å². The Morgan fingerprint density at radius 2 is 1.57 bits per heavy atom. The lowest BCUT2D eigenvalue weighted by molar-refractivity contribution is -0.122. The van der Waals surface area contributed by atoms with Crippen molar-refractivity contribution >= 4 is 29.2 Å². The third-order valence-electron chi connectivity index (χ3n) is 8.79. The molecule has 0 aliphatic carbocycles. The SMILES string of the molecule is CCCOc1ccccc1C(=O)C1C(C(=O)c2ccccc2)C2(C(=O)Nc3ccccc32)C2c3ccccc3C=CN12. The maximum absolute atomic E-state index is 14.9. The van der Waals surface area contributed by atoms with Gasteiger partial charge in [-0.25, -0.2) is 0 Å². The monoisotopic (exact) mass is 554 g/mol. The van der Waals surface area contributed by atoms with E-state index < -0.39 is 23.4 Å². The van der Waals surface area contributed by atoms with Crippen LogP contribution < -0.4 is 10.1 Å². The number of benzene rings is 4. The average molecular weight is 555 g/mol. The highest BCUT2D eigenvalue weighted by molar-refractivity contribution is 6.17. The number of carbonyl (C=O) groups is 3. The van der Waals surface area contributed by atoms with E-state index in [2.05, 4.69) is 5.32 Å². The molecule has 1 N–H and O–H groups in total. The van der Waals surface area contributed by atoms with Crippen molar-refractivity contribution in [1.29, 1.82) is 0 Å². The number of nitrogens with zero attached hydrogens (tertiary/aromatic N) is 1. The predicted molar refractivity (Wildman–Crippen MR) is 161 cm³/mol. The first-order chi connectivity index (χ1) is 20.6. The molecule has 3 heterocycles. The number of carbonyl (C=O) groups excluding carboxylic acids is 3. The number of para-hydroxylation sites is 2. The molecular weight excluding hydrogens is 524 g/mol. The number of Topliss-reactive ketones (excluding diaryl/α,β-unsaturated/α-hetero) is 2. The third-order valence-corrected chi connectivity index (χ3v) is 8.79. The molecule has 4 aromatic rings. The van der Waals surface area contributed by atoms with E-state index in [4.69, 9.17) is 4.74 Å². The van der Waals surface area contributed by atoms with E-state index >= 15 is 0 Å². The van der Waals surface area contributed by atoms with Crippen LogP contribution in [-0.2, 0) is 10.2 Å². The lowest BCUT2D eigenvalue weighted by Crippen LogP contribution is -2.49. The van der Waals surface area contributed by atoms with Crippen LogP contribution in [0, 0.1) is 5.92 Å². The molecule has 1 saturated heterocycles. The van der Waals surface area contributed by atoms with Gasteiger partial charge in [0.2, 0.25) is 5.91 Å². The second-order valence-corrected chi connectivity index (χ2v) is 11.0. The van der Waals surface area contributed by atoms with Gasteiger partial charge >= 0.3 is 0 Å². The van der Waals surface area contributed by atoms with Crippen molar-refractivity contribution < 1.29 is 19.1 Å². The molecule has 1 fully saturated rings. The topological polar surface area (TPSA) is 75.7 Å². The van der Waals surface area contributed by atoms with Crippen LogP contribution in [0.1, 0.15) is 56.8 Å². The van der Waals surface area contributed by atoms with Crippen LogP contribution in [0.3, 0.4) is 0 Å². The van der Waals surface area contributed by atoms with Crippen molar-refractivity contribution in [3.05, 3.63) is 137 Å². The van der Waals surface area contributed by atoms with Gasteiger partial charge in [0.1, 0.15) is 17.2 Å². The Hall–Kier alpha value is -4.97. The molecule has 4 atom stereocenters. The summed E-state index contributed by atoms with van der Waals surface area (Å²) in [7, 11) is 0. The zero-order valence-electron chi connectivity index (χ0n) is 23.2. The highest BCUT2D eigenvalue weighted by atomic mass is 16.5. The van der Waals surface area contributed by atoms with Gasteiger partial charge in [0.15, 0.2) is 11.6 Å². The fraction of sp³-hybridized carbons (Fsp3) is 0.194. The summed E-state index contributed by atoms with van der Waals surface area (Å²) in [6.45, 7) is 2.47. The first-order valence-electron chi connectivity index (χ1n) is 14.4. The summed E-state index contributed by atoms with van der Waals surface area (Å²) in [4.78, 5) is 46.2. The number of nitrogens with one attached hydrogen (secondary N) is 1. The molecule has 4 unspecified atom stereocenters. The minimum absolute atomic E-state index is 0.243. The maximum atomic E-state index is 14.9. The van der Waals surface area contributed by atoms with E-state index in [1.807, 2.05) is 96.9 Å². The fourth-order valence-corrected chi connectivity index (χ4v) is 7.12. The molecule has 0 radical (unpaired) electrons. The molecule has 7 rings (SSSR count). The molecule has 6 nitrogen and oxygen atoms in total. The molecule has 208 valence electrons. The molecule has 0 bridgehead atoms. The molecule has 4 aromatic carbocycles. The quantitative estimate of drug-likeness (QED) is 0.266. The van der Waals surface area contributed by atoms with Crippen LogP contribution in [0.2, 0.25) is 0 Å². The van der Waals surface area contributed by atoms with Crippen LogP contribution >= 0.6 is 0 Å². The molecule has 0 saturated carbocycles. The Bertz CT molecular complexity index is 1750. The molecule has 3 aliphatic heterocycles. The van der Waals surface area contributed by atoms with Gasteiger partial charge in [-0.15, -0.1) is 0 Å². The largest absolute Gasteiger partial charge is 0.493 e. The van der Waals surface area contributed by atoms with Gasteiger partial charge in [0.05, 0.1) is 24.1 Å². The number of ketones is 2. The maximum Gasteiger partial charge on any atom is 0.238 e. The summed E-state index contributed by atoms with van der Waals surface area (Å²) in [6.07, 6.45) is 4.64. The van der Waals surface area contributed by atoms with Crippen molar-refractivity contribution in [1.82, 2.24) is 4.90 Å². The van der Waals surface area contributed by atoms with Gasteiger partial charge in [0.25, 0.3) is 0 Å². The molecule has 6 heteroatoms. The van der Waals surface area contributed by atoms with E-state index in [1.165, 1.54) is 0 Å². The Kier molecular flexibility index (Phi) is 6.27. The average Bonchev–Trinajstić information content (AvgIpc) is 3.52. The predicted octanol–water partition coefficient (Wildman–Crippen LogP) is 6.46. The summed E-state index contributed by atoms with van der Waals surface area (Å²) in [5.41, 5.74) is 2.77. The van der Waals surface area contributed by atoms with E-state index in [9.17, 15) is 14.4 Å². The first kappa shape index (κ1) is 26.0. The van der Waals surface area contributed by atoms with Crippen molar-refractivity contribution in [3.8, 4) is 5.75 Å². The molecular formula is C36H30N2O4. The Morgan fingerprint density at radius 3 is 2.40 bits per heavy atom. The number of hydrogen-bond donors (Lipinski definition) is 1. The lowest BCUT2D eigenvalue weighted by Gasteiger charge is -2.38. The van der Waals surface area contributed by atoms with Crippen molar-refractivity contribution in [3.63, 3.8) is 0 Å². The second kappa shape index (κ2) is 10.1.